The second kappa shape index (κ2) is 7.11. The van der Waals surface area contributed by atoms with Gasteiger partial charge < -0.3 is 9.47 Å². The standard InChI is InChI=1S/C14H23ClN2O3/c1-10(8-16-15)11(2)12-9-19-7-6-17(12)13(18)20-14(3,4)5/h12,16H,1-2,6-9H2,3-5H3/t12-/m0/s1. The SMILES string of the molecule is C=C(CNCl)C(=C)[C@@H]1COCCN1C(=O)OC(C)(C)C. The Balaban J connectivity index is 2.78. The topological polar surface area (TPSA) is 50.8 Å². The Morgan fingerprint density at radius 3 is 2.70 bits per heavy atom. The summed E-state index contributed by atoms with van der Waals surface area (Å²) < 4.78 is 10.9. The molecule has 0 saturated carbocycles. The number of nitrogens with zero attached hydrogens (tertiary/aromatic N) is 1. The minimum Gasteiger partial charge on any atom is -0.444 e. The van der Waals surface area contributed by atoms with E-state index in [4.69, 9.17) is 21.3 Å². The van der Waals surface area contributed by atoms with Gasteiger partial charge in [-0.15, -0.1) is 0 Å². The van der Waals surface area contributed by atoms with Crippen LogP contribution in [0.2, 0.25) is 0 Å². The third-order valence-corrected chi connectivity index (χ3v) is 3.03. The number of ether oxygens (including phenoxy) is 2. The van der Waals surface area contributed by atoms with Crippen LogP contribution in [0, 0.1) is 0 Å². The summed E-state index contributed by atoms with van der Waals surface area (Å²) in [6.45, 7) is 15.2. The fourth-order valence-corrected chi connectivity index (χ4v) is 2.02. The number of nitrogens with one attached hydrogen (secondary N) is 1. The first-order valence-corrected chi connectivity index (χ1v) is 6.92. The van der Waals surface area contributed by atoms with Crippen molar-refractivity contribution in [1.29, 1.82) is 0 Å². The molecule has 1 rings (SSSR count). The summed E-state index contributed by atoms with van der Waals surface area (Å²) in [6.07, 6.45) is -0.362. The summed E-state index contributed by atoms with van der Waals surface area (Å²) >= 11 is 5.48. The maximum Gasteiger partial charge on any atom is 0.410 e. The number of carbonyl (C=O) groups is 1. The molecule has 0 aromatic rings. The Hall–Kier alpha value is -1.04. The van der Waals surface area contributed by atoms with Crippen molar-refractivity contribution in [2.45, 2.75) is 32.4 Å². The maximum atomic E-state index is 12.2. The molecule has 1 amide bonds. The molecule has 6 heteroatoms. The summed E-state index contributed by atoms with van der Waals surface area (Å²) in [5.74, 6) is 0. The molecule has 1 aliphatic heterocycles. The van der Waals surface area contributed by atoms with Crippen LogP contribution in [0.25, 0.3) is 0 Å². The molecule has 1 saturated heterocycles. The Kier molecular flexibility index (Phi) is 6.05. The lowest BCUT2D eigenvalue weighted by Gasteiger charge is -2.38. The van der Waals surface area contributed by atoms with Gasteiger partial charge in [0.15, 0.2) is 0 Å². The van der Waals surface area contributed by atoms with E-state index in [2.05, 4.69) is 18.0 Å². The highest BCUT2D eigenvalue weighted by molar-refractivity contribution is 6.13. The third kappa shape index (κ3) is 4.81. The highest BCUT2D eigenvalue weighted by Crippen LogP contribution is 2.22. The van der Waals surface area contributed by atoms with Crippen LogP contribution < -0.4 is 4.84 Å². The Bertz CT molecular complexity index is 390. The van der Waals surface area contributed by atoms with Crippen LogP contribution in [-0.2, 0) is 9.47 Å². The number of carbonyl (C=O) groups excluding carboxylic acids is 1. The lowest BCUT2D eigenvalue weighted by molar-refractivity contribution is -0.0235. The van der Waals surface area contributed by atoms with Crippen LogP contribution in [0.1, 0.15) is 20.8 Å². The quantitative estimate of drug-likeness (QED) is 0.640. The second-order valence-electron chi connectivity index (χ2n) is 5.70. The molecular weight excluding hydrogens is 280 g/mol. The molecular formula is C14H23ClN2O3. The Labute approximate surface area is 125 Å². The van der Waals surface area contributed by atoms with Gasteiger partial charge in [0.1, 0.15) is 5.60 Å². The van der Waals surface area contributed by atoms with Crippen molar-refractivity contribution >= 4 is 17.9 Å². The summed E-state index contributed by atoms with van der Waals surface area (Å²) in [5, 5.41) is 0. The first-order valence-electron chi connectivity index (χ1n) is 6.54. The average molecular weight is 303 g/mol. The largest absolute Gasteiger partial charge is 0.444 e. The van der Waals surface area contributed by atoms with Crippen molar-refractivity contribution < 1.29 is 14.3 Å². The van der Waals surface area contributed by atoms with Gasteiger partial charge >= 0.3 is 6.09 Å². The van der Waals surface area contributed by atoms with Crippen molar-refractivity contribution in [3.8, 4) is 0 Å². The predicted octanol–water partition coefficient (Wildman–Crippen LogP) is 2.48. The fourth-order valence-electron chi connectivity index (χ4n) is 1.86. The summed E-state index contributed by atoms with van der Waals surface area (Å²) in [5.41, 5.74) is 0.934. The van der Waals surface area contributed by atoms with Crippen molar-refractivity contribution in [1.82, 2.24) is 9.74 Å². The third-order valence-electron chi connectivity index (χ3n) is 2.89. The van der Waals surface area contributed by atoms with Gasteiger partial charge in [0.25, 0.3) is 0 Å². The molecule has 0 aliphatic carbocycles. The zero-order valence-electron chi connectivity index (χ0n) is 12.4. The maximum absolute atomic E-state index is 12.2. The van der Waals surface area contributed by atoms with Crippen LogP contribution in [0.5, 0.6) is 0 Å². The summed E-state index contributed by atoms with van der Waals surface area (Å²) in [6, 6.07) is -0.267. The zero-order valence-corrected chi connectivity index (χ0v) is 13.1. The number of amides is 1. The van der Waals surface area contributed by atoms with Gasteiger partial charge in [0.2, 0.25) is 0 Å². The molecule has 0 spiro atoms. The van der Waals surface area contributed by atoms with Gasteiger partial charge in [-0.25, -0.2) is 9.63 Å². The number of hydrogen-bond acceptors (Lipinski definition) is 4. The Morgan fingerprint density at radius 2 is 2.15 bits per heavy atom. The van der Waals surface area contributed by atoms with Gasteiger partial charge in [-0.3, -0.25) is 4.90 Å². The Morgan fingerprint density at radius 1 is 1.50 bits per heavy atom. The van der Waals surface area contributed by atoms with Crippen molar-refractivity contribution in [2.75, 3.05) is 26.3 Å². The lowest BCUT2D eigenvalue weighted by atomic mass is 10.00. The second-order valence-corrected chi connectivity index (χ2v) is 5.97. The van der Waals surface area contributed by atoms with E-state index in [1.54, 1.807) is 4.90 Å². The van der Waals surface area contributed by atoms with E-state index in [-0.39, 0.29) is 12.1 Å². The minimum atomic E-state index is -0.532. The molecule has 1 heterocycles. The van der Waals surface area contributed by atoms with Crippen LogP contribution >= 0.6 is 11.8 Å². The smallest absolute Gasteiger partial charge is 0.410 e. The lowest BCUT2D eigenvalue weighted by Crippen LogP contribution is -2.51. The van der Waals surface area contributed by atoms with Gasteiger partial charge in [0.05, 0.1) is 19.3 Å². The highest BCUT2D eigenvalue weighted by atomic mass is 35.5. The van der Waals surface area contributed by atoms with E-state index in [9.17, 15) is 4.79 Å². The molecule has 1 atom stereocenters. The number of morpholine rings is 1. The molecule has 5 nitrogen and oxygen atoms in total. The van der Waals surface area contributed by atoms with Crippen LogP contribution in [0.15, 0.2) is 24.3 Å². The molecule has 20 heavy (non-hydrogen) atoms. The van der Waals surface area contributed by atoms with Crippen LogP contribution in [-0.4, -0.2) is 48.9 Å². The zero-order chi connectivity index (χ0) is 15.3. The van der Waals surface area contributed by atoms with Crippen molar-refractivity contribution in [2.24, 2.45) is 0 Å². The van der Waals surface area contributed by atoms with E-state index in [0.717, 1.165) is 11.1 Å². The summed E-state index contributed by atoms with van der Waals surface area (Å²) in [4.78, 5) is 16.4. The monoisotopic (exact) mass is 302 g/mol. The normalized spacial score (nSPS) is 19.6. The molecule has 1 fully saturated rings. The molecule has 0 aromatic carbocycles. The van der Waals surface area contributed by atoms with Crippen molar-refractivity contribution in [3.63, 3.8) is 0 Å². The van der Waals surface area contributed by atoms with E-state index < -0.39 is 5.60 Å². The first kappa shape index (κ1) is 17.0. The first-order chi connectivity index (χ1) is 9.26. The number of rotatable bonds is 4. The van der Waals surface area contributed by atoms with Gasteiger partial charge in [-0.05, 0) is 43.7 Å². The fraction of sp³-hybridized carbons (Fsp3) is 0.643. The van der Waals surface area contributed by atoms with Gasteiger partial charge in [-0.1, -0.05) is 13.2 Å². The molecule has 0 bridgehead atoms. The molecule has 0 radical (unpaired) electrons. The molecule has 1 aliphatic rings. The number of halogens is 1. The minimum absolute atomic E-state index is 0.267. The summed E-state index contributed by atoms with van der Waals surface area (Å²) in [7, 11) is 0. The molecule has 1 N–H and O–H groups in total. The number of hydrogen-bond donors (Lipinski definition) is 1. The van der Waals surface area contributed by atoms with Crippen LogP contribution in [0.3, 0.4) is 0 Å². The highest BCUT2D eigenvalue weighted by Gasteiger charge is 2.33. The average Bonchev–Trinajstić information content (AvgIpc) is 2.36. The van der Waals surface area contributed by atoms with E-state index in [0.29, 0.717) is 26.3 Å². The van der Waals surface area contributed by atoms with Gasteiger partial charge in [-0.2, -0.15) is 0 Å². The van der Waals surface area contributed by atoms with E-state index in [1.807, 2.05) is 20.8 Å². The molecule has 0 unspecified atom stereocenters. The van der Waals surface area contributed by atoms with Crippen LogP contribution in [0.4, 0.5) is 4.79 Å². The van der Waals surface area contributed by atoms with Gasteiger partial charge in [0, 0.05) is 13.1 Å². The molecule has 0 aromatic heterocycles. The van der Waals surface area contributed by atoms with E-state index in [1.165, 1.54) is 0 Å². The molecule has 114 valence electrons. The van der Waals surface area contributed by atoms with Crippen molar-refractivity contribution in [3.05, 3.63) is 24.3 Å². The van der Waals surface area contributed by atoms with E-state index >= 15 is 0 Å². The predicted molar refractivity (Wildman–Crippen MR) is 79.7 cm³/mol.